The number of halogens is 1. The number of nitrogens with zero attached hydrogens (tertiary/aromatic N) is 3. The molecule has 1 saturated heterocycles. The van der Waals surface area contributed by atoms with E-state index in [0.29, 0.717) is 5.69 Å². The molecule has 2 heterocycles. The first-order valence-corrected chi connectivity index (χ1v) is 10.6. The maximum atomic E-state index is 13.4. The molecule has 0 aliphatic carbocycles. The van der Waals surface area contributed by atoms with Gasteiger partial charge in [0.15, 0.2) is 0 Å². The Morgan fingerprint density at radius 1 is 1.03 bits per heavy atom. The van der Waals surface area contributed by atoms with Crippen molar-refractivity contribution in [3.8, 4) is 0 Å². The predicted octanol–water partition coefficient (Wildman–Crippen LogP) is 4.15. The Morgan fingerprint density at radius 2 is 1.76 bits per heavy atom. The van der Waals surface area contributed by atoms with Gasteiger partial charge in [-0.2, -0.15) is 0 Å². The maximum absolute atomic E-state index is 13.4. The van der Waals surface area contributed by atoms with Gasteiger partial charge in [0.2, 0.25) is 5.91 Å². The molecule has 1 aliphatic rings. The molecule has 0 radical (unpaired) electrons. The lowest BCUT2D eigenvalue weighted by atomic mass is 10.1. The molecule has 1 unspecified atom stereocenters. The van der Waals surface area contributed by atoms with Gasteiger partial charge in [0, 0.05) is 24.6 Å². The van der Waals surface area contributed by atoms with Gasteiger partial charge in [-0.05, 0) is 60.0 Å². The second-order valence-corrected chi connectivity index (χ2v) is 7.74. The lowest BCUT2D eigenvalue weighted by molar-refractivity contribution is -0.124. The molecule has 8 heteroatoms. The van der Waals surface area contributed by atoms with Gasteiger partial charge in [-0.15, -0.1) is 0 Å². The third-order valence-corrected chi connectivity index (χ3v) is 5.50. The Morgan fingerprint density at radius 3 is 2.39 bits per heavy atom. The third-order valence-electron chi connectivity index (χ3n) is 5.50. The van der Waals surface area contributed by atoms with Crippen molar-refractivity contribution in [2.75, 3.05) is 10.2 Å². The smallest absolute Gasteiger partial charge is 0.326 e. The van der Waals surface area contributed by atoms with E-state index in [2.05, 4.69) is 10.3 Å². The zero-order chi connectivity index (χ0) is 23.4. The van der Waals surface area contributed by atoms with Crippen molar-refractivity contribution in [3.05, 3.63) is 90.0 Å². The number of urea groups is 1. The van der Waals surface area contributed by atoms with Crippen LogP contribution in [0.5, 0.6) is 0 Å². The molecular weight excluding hydrogens is 423 g/mol. The number of pyridine rings is 1. The van der Waals surface area contributed by atoms with Gasteiger partial charge in [0.25, 0.3) is 5.91 Å². The third kappa shape index (κ3) is 4.90. The number of carbonyl (C=O) groups excluding carboxylic acids is 3. The molecule has 0 bridgehead atoms. The summed E-state index contributed by atoms with van der Waals surface area (Å²) in [5, 5.41) is 2.79. The predicted molar refractivity (Wildman–Crippen MR) is 122 cm³/mol. The van der Waals surface area contributed by atoms with E-state index in [1.54, 1.807) is 36.7 Å². The highest BCUT2D eigenvalue weighted by Gasteiger charge is 2.46. The Bertz CT molecular complexity index is 1150. The fourth-order valence-electron chi connectivity index (χ4n) is 3.74. The number of hydrogen-bond acceptors (Lipinski definition) is 4. The minimum atomic E-state index is -1.00. The molecule has 0 saturated carbocycles. The zero-order valence-corrected chi connectivity index (χ0v) is 18.1. The summed E-state index contributed by atoms with van der Waals surface area (Å²) in [6.45, 7) is 2.15. The first kappa shape index (κ1) is 22.1. The molecule has 168 valence electrons. The van der Waals surface area contributed by atoms with Crippen LogP contribution in [0.15, 0.2) is 73.1 Å². The molecule has 7 nitrogen and oxygen atoms in total. The molecule has 3 aromatic rings. The molecule has 1 atom stereocenters. The number of imide groups is 1. The Kier molecular flexibility index (Phi) is 6.44. The van der Waals surface area contributed by atoms with Gasteiger partial charge in [-0.3, -0.25) is 14.6 Å². The number of aromatic nitrogens is 1. The van der Waals surface area contributed by atoms with Crippen molar-refractivity contribution < 1.29 is 18.8 Å². The molecule has 4 amide bonds. The normalized spacial score (nSPS) is 15.8. The van der Waals surface area contributed by atoms with Crippen molar-refractivity contribution in [2.24, 2.45) is 0 Å². The highest BCUT2D eigenvalue weighted by molar-refractivity contribution is 6.22. The fourth-order valence-corrected chi connectivity index (χ4v) is 3.74. The summed E-state index contributed by atoms with van der Waals surface area (Å²) >= 11 is 0. The fraction of sp³-hybridized carbons (Fsp3) is 0.200. The van der Waals surface area contributed by atoms with E-state index in [-0.39, 0.29) is 24.6 Å². The van der Waals surface area contributed by atoms with E-state index in [4.69, 9.17) is 0 Å². The van der Waals surface area contributed by atoms with Crippen molar-refractivity contribution in [3.63, 3.8) is 0 Å². The van der Waals surface area contributed by atoms with Gasteiger partial charge in [0.05, 0.1) is 12.1 Å². The molecular formula is C25H23FN4O3. The second kappa shape index (κ2) is 9.60. The molecule has 4 rings (SSSR count). The topological polar surface area (TPSA) is 82.6 Å². The van der Waals surface area contributed by atoms with E-state index in [1.165, 1.54) is 29.2 Å². The number of aryl methyl sites for hydroxylation is 1. The van der Waals surface area contributed by atoms with Crippen LogP contribution >= 0.6 is 0 Å². The average Bonchev–Trinajstić information content (AvgIpc) is 3.05. The monoisotopic (exact) mass is 446 g/mol. The zero-order valence-electron chi connectivity index (χ0n) is 18.1. The van der Waals surface area contributed by atoms with Crippen LogP contribution in [0.1, 0.15) is 24.5 Å². The summed E-state index contributed by atoms with van der Waals surface area (Å²) in [6.07, 6.45) is 3.89. The van der Waals surface area contributed by atoms with Crippen LogP contribution in [0.2, 0.25) is 0 Å². The molecule has 1 N–H and O–H groups in total. The van der Waals surface area contributed by atoms with Crippen molar-refractivity contribution in [2.45, 2.75) is 32.4 Å². The van der Waals surface area contributed by atoms with Gasteiger partial charge >= 0.3 is 6.03 Å². The molecule has 33 heavy (non-hydrogen) atoms. The summed E-state index contributed by atoms with van der Waals surface area (Å²) in [5.41, 5.74) is 2.73. The first-order valence-electron chi connectivity index (χ1n) is 10.6. The molecule has 2 aromatic carbocycles. The number of carbonyl (C=O) groups is 3. The first-order chi connectivity index (χ1) is 16.0. The van der Waals surface area contributed by atoms with E-state index >= 15 is 0 Å². The van der Waals surface area contributed by atoms with Crippen LogP contribution < -0.4 is 10.2 Å². The standard InChI is InChI=1S/C25H23FN4O3/c1-2-17-5-9-20(10-6-17)28-23(31)14-22-24(32)30(21-11-7-19(26)8-12-21)25(33)29(22)16-18-4-3-13-27-15-18/h3-13,15,22H,2,14,16H2,1H3,(H,28,31). The highest BCUT2D eigenvalue weighted by atomic mass is 19.1. The van der Waals surface area contributed by atoms with E-state index in [1.807, 2.05) is 19.1 Å². The second-order valence-electron chi connectivity index (χ2n) is 7.74. The quantitative estimate of drug-likeness (QED) is 0.553. The largest absolute Gasteiger partial charge is 0.332 e. The summed E-state index contributed by atoms with van der Waals surface area (Å²) in [6, 6.07) is 14.5. The number of amides is 4. The highest BCUT2D eigenvalue weighted by Crippen LogP contribution is 2.28. The number of hydrogen-bond donors (Lipinski definition) is 1. The van der Waals surface area contributed by atoms with Crippen LogP contribution in [0, 0.1) is 5.82 Å². The van der Waals surface area contributed by atoms with Crippen LogP contribution in [0.25, 0.3) is 0 Å². The Hall–Kier alpha value is -4.07. The summed E-state index contributed by atoms with van der Waals surface area (Å²) < 4.78 is 13.4. The van der Waals surface area contributed by atoms with Gasteiger partial charge in [-0.1, -0.05) is 25.1 Å². The lowest BCUT2D eigenvalue weighted by Gasteiger charge is -2.21. The van der Waals surface area contributed by atoms with Gasteiger partial charge in [-0.25, -0.2) is 14.1 Å². The minimum absolute atomic E-state index is 0.110. The van der Waals surface area contributed by atoms with Crippen molar-refractivity contribution >= 4 is 29.2 Å². The molecule has 1 aromatic heterocycles. The summed E-state index contributed by atoms with van der Waals surface area (Å²) in [4.78, 5) is 45.6. The average molecular weight is 446 g/mol. The van der Waals surface area contributed by atoms with Crippen molar-refractivity contribution in [1.29, 1.82) is 0 Å². The van der Waals surface area contributed by atoms with Crippen molar-refractivity contribution in [1.82, 2.24) is 9.88 Å². The number of anilines is 2. The Labute approximate surface area is 190 Å². The van der Waals surface area contributed by atoms with E-state index in [0.717, 1.165) is 22.4 Å². The van der Waals surface area contributed by atoms with Gasteiger partial charge in [0.1, 0.15) is 11.9 Å². The number of benzene rings is 2. The van der Waals surface area contributed by atoms with E-state index < -0.39 is 23.8 Å². The number of rotatable bonds is 7. The molecule has 0 spiro atoms. The molecule has 1 fully saturated rings. The minimum Gasteiger partial charge on any atom is -0.326 e. The van der Waals surface area contributed by atoms with Crippen LogP contribution in [0.4, 0.5) is 20.6 Å². The SMILES string of the molecule is CCc1ccc(NC(=O)CC2C(=O)N(c3ccc(F)cc3)C(=O)N2Cc2cccnc2)cc1. The Balaban J connectivity index is 1.57. The van der Waals surface area contributed by atoms with Crippen LogP contribution in [-0.2, 0) is 22.6 Å². The maximum Gasteiger partial charge on any atom is 0.332 e. The van der Waals surface area contributed by atoms with Crippen LogP contribution in [-0.4, -0.2) is 33.8 Å². The van der Waals surface area contributed by atoms with Crippen LogP contribution in [0.3, 0.4) is 0 Å². The molecule has 1 aliphatic heterocycles. The summed E-state index contributed by atoms with van der Waals surface area (Å²) in [5.74, 6) is -1.40. The summed E-state index contributed by atoms with van der Waals surface area (Å²) in [7, 11) is 0. The number of nitrogens with one attached hydrogen (secondary N) is 1. The van der Waals surface area contributed by atoms with Gasteiger partial charge < -0.3 is 10.2 Å². The van der Waals surface area contributed by atoms with E-state index in [9.17, 15) is 18.8 Å². The lowest BCUT2D eigenvalue weighted by Crippen LogP contribution is -2.37.